The highest BCUT2D eigenvalue weighted by Crippen LogP contribution is 2.37. The minimum atomic E-state index is -2.72. The lowest BCUT2D eigenvalue weighted by Crippen LogP contribution is -2.68. The lowest BCUT2D eigenvalue weighted by Gasteiger charge is -2.43. The fraction of sp³-hybridized carbons (Fsp3) is 0.400. The second-order valence-corrected chi connectivity index (χ2v) is 14.9. The van der Waals surface area contributed by atoms with Crippen molar-refractivity contribution in [1.82, 2.24) is 0 Å². The SMILES string of the molecule is CC(C)(C)[Si](Oc1ccc(CCO[C@@H]2O[C@H](CO)[C@@H](O)[C@H](O)[C@H]2O)cc1)(c1ccccc1)c1ccccc1. The average Bonchev–Trinajstić information content (AvgIpc) is 2.93. The monoisotopic (exact) mass is 538 g/mol. The summed E-state index contributed by atoms with van der Waals surface area (Å²) in [4.78, 5) is 0. The fourth-order valence-electron chi connectivity index (χ4n) is 5.05. The highest BCUT2D eigenvalue weighted by molar-refractivity contribution is 7.00. The smallest absolute Gasteiger partial charge is 0.319 e. The summed E-state index contributed by atoms with van der Waals surface area (Å²) >= 11 is 0. The van der Waals surface area contributed by atoms with Crippen molar-refractivity contribution >= 4 is 18.7 Å². The van der Waals surface area contributed by atoms with Crippen LogP contribution in [0.3, 0.4) is 0 Å². The molecule has 1 aliphatic rings. The Morgan fingerprint density at radius 1 is 0.763 bits per heavy atom. The topological polar surface area (TPSA) is 109 Å². The average molecular weight is 539 g/mol. The number of benzene rings is 3. The Hall–Kier alpha value is -2.56. The predicted octanol–water partition coefficient (Wildman–Crippen LogP) is 1.98. The van der Waals surface area contributed by atoms with Gasteiger partial charge in [0.1, 0.15) is 30.2 Å². The third kappa shape index (κ3) is 5.87. The maximum Gasteiger partial charge on any atom is 0.319 e. The molecule has 1 saturated heterocycles. The van der Waals surface area contributed by atoms with E-state index in [-0.39, 0.29) is 11.6 Å². The van der Waals surface area contributed by atoms with E-state index in [9.17, 15) is 20.4 Å². The zero-order valence-corrected chi connectivity index (χ0v) is 23.1. The van der Waals surface area contributed by atoms with Crippen LogP contribution < -0.4 is 14.8 Å². The maximum absolute atomic E-state index is 10.2. The van der Waals surface area contributed by atoms with Gasteiger partial charge in [0.25, 0.3) is 0 Å². The largest absolute Gasteiger partial charge is 0.534 e. The molecule has 38 heavy (non-hydrogen) atoms. The van der Waals surface area contributed by atoms with Crippen molar-refractivity contribution < 1.29 is 34.3 Å². The van der Waals surface area contributed by atoms with Gasteiger partial charge in [-0.05, 0) is 39.5 Å². The molecule has 7 nitrogen and oxygen atoms in total. The normalized spacial score (nSPS) is 24.2. The molecule has 1 heterocycles. The van der Waals surface area contributed by atoms with Crippen LogP contribution in [0.2, 0.25) is 5.04 Å². The van der Waals surface area contributed by atoms with Gasteiger partial charge < -0.3 is 34.3 Å². The van der Waals surface area contributed by atoms with Gasteiger partial charge >= 0.3 is 8.32 Å². The molecule has 1 fully saturated rings. The number of hydrogen-bond donors (Lipinski definition) is 4. The predicted molar refractivity (Wildman–Crippen MR) is 148 cm³/mol. The Balaban J connectivity index is 1.49. The lowest BCUT2D eigenvalue weighted by molar-refractivity contribution is -0.300. The number of hydrogen-bond acceptors (Lipinski definition) is 7. The first-order valence-electron chi connectivity index (χ1n) is 13.0. The van der Waals surface area contributed by atoms with Gasteiger partial charge in [0.05, 0.1) is 13.2 Å². The molecule has 4 rings (SSSR count). The molecule has 0 amide bonds. The van der Waals surface area contributed by atoms with Gasteiger partial charge in [-0.15, -0.1) is 0 Å². The molecular formula is C30H38O7Si. The van der Waals surface area contributed by atoms with Crippen molar-refractivity contribution in [3.05, 3.63) is 90.5 Å². The molecule has 4 N–H and O–H groups in total. The molecular weight excluding hydrogens is 500 g/mol. The Kier molecular flexibility index (Phi) is 9.05. The summed E-state index contributed by atoms with van der Waals surface area (Å²) in [5, 5.41) is 41.6. The molecule has 0 radical (unpaired) electrons. The molecule has 8 heteroatoms. The highest BCUT2D eigenvalue weighted by atomic mass is 28.4. The van der Waals surface area contributed by atoms with Gasteiger partial charge in [-0.25, -0.2) is 0 Å². The van der Waals surface area contributed by atoms with Crippen molar-refractivity contribution in [3.63, 3.8) is 0 Å². The van der Waals surface area contributed by atoms with E-state index < -0.39 is 45.6 Å². The Bertz CT molecular complexity index is 1090. The van der Waals surface area contributed by atoms with Crippen molar-refractivity contribution in [3.8, 4) is 5.75 Å². The van der Waals surface area contributed by atoms with Crippen LogP contribution in [0.4, 0.5) is 0 Å². The summed E-state index contributed by atoms with van der Waals surface area (Å²) in [5.74, 6) is 0.790. The molecule has 0 aliphatic carbocycles. The molecule has 204 valence electrons. The summed E-state index contributed by atoms with van der Waals surface area (Å²) < 4.78 is 18.1. The molecule has 0 bridgehead atoms. The first-order valence-corrected chi connectivity index (χ1v) is 14.9. The van der Waals surface area contributed by atoms with Gasteiger partial charge in [-0.2, -0.15) is 0 Å². The molecule has 1 aliphatic heterocycles. The van der Waals surface area contributed by atoms with Crippen LogP contribution in [0, 0.1) is 0 Å². The maximum atomic E-state index is 10.2. The minimum Gasteiger partial charge on any atom is -0.534 e. The first-order chi connectivity index (χ1) is 18.2. The third-order valence-corrected chi connectivity index (χ3v) is 12.1. The third-order valence-electron chi connectivity index (χ3n) is 7.13. The van der Waals surface area contributed by atoms with Crippen LogP contribution in [0.5, 0.6) is 5.75 Å². The van der Waals surface area contributed by atoms with Crippen molar-refractivity contribution in [1.29, 1.82) is 0 Å². The summed E-state index contributed by atoms with van der Waals surface area (Å²) in [6.45, 7) is 6.45. The van der Waals surface area contributed by atoms with E-state index in [0.29, 0.717) is 6.42 Å². The van der Waals surface area contributed by atoms with Crippen LogP contribution in [0.15, 0.2) is 84.9 Å². The first kappa shape index (κ1) is 28.4. The number of ether oxygens (including phenoxy) is 2. The van der Waals surface area contributed by atoms with Gasteiger partial charge in [0.2, 0.25) is 0 Å². The Labute approximate surface area is 225 Å². The molecule has 0 spiro atoms. The minimum absolute atomic E-state index is 0.145. The number of aliphatic hydroxyl groups excluding tert-OH is 4. The molecule has 0 saturated carbocycles. The van der Waals surface area contributed by atoms with E-state index in [1.165, 1.54) is 10.4 Å². The molecule has 0 aromatic heterocycles. The summed E-state index contributed by atoms with van der Waals surface area (Å²) in [5.41, 5.74) is 1.00. The molecule has 3 aromatic carbocycles. The zero-order chi connectivity index (χ0) is 27.3. The van der Waals surface area contributed by atoms with Crippen LogP contribution >= 0.6 is 0 Å². The van der Waals surface area contributed by atoms with E-state index in [0.717, 1.165) is 11.3 Å². The second-order valence-electron chi connectivity index (χ2n) is 10.7. The molecule has 3 aromatic rings. The van der Waals surface area contributed by atoms with Crippen molar-refractivity contribution in [2.75, 3.05) is 13.2 Å². The standard InChI is InChI=1S/C30H38O7Si/c1-30(2,3)38(23-10-6-4-7-11-23,24-12-8-5-9-13-24)37-22-16-14-21(15-17-22)18-19-35-29-28(34)27(33)26(32)25(20-31)36-29/h4-17,25-29,31-34H,18-20H2,1-3H3/t25-,26-,27+,28-,29-/m1/s1. The van der Waals surface area contributed by atoms with Crippen LogP contribution in [0.25, 0.3) is 0 Å². The van der Waals surface area contributed by atoms with Crippen LogP contribution in [-0.2, 0) is 15.9 Å². The summed E-state index contributed by atoms with van der Waals surface area (Å²) in [6, 6.07) is 28.9. The van der Waals surface area contributed by atoms with Gasteiger partial charge in [-0.1, -0.05) is 93.6 Å². The fourth-order valence-corrected chi connectivity index (χ4v) is 9.47. The van der Waals surface area contributed by atoms with Crippen molar-refractivity contribution in [2.24, 2.45) is 0 Å². The second kappa shape index (κ2) is 12.1. The van der Waals surface area contributed by atoms with Gasteiger partial charge in [0.15, 0.2) is 6.29 Å². The number of aliphatic hydroxyl groups is 4. The van der Waals surface area contributed by atoms with E-state index in [1.807, 2.05) is 36.4 Å². The van der Waals surface area contributed by atoms with Gasteiger partial charge in [-0.3, -0.25) is 0 Å². The van der Waals surface area contributed by atoms with E-state index >= 15 is 0 Å². The molecule has 0 unspecified atom stereocenters. The van der Waals surface area contributed by atoms with E-state index in [2.05, 4.69) is 69.3 Å². The Morgan fingerprint density at radius 3 is 1.82 bits per heavy atom. The lowest BCUT2D eigenvalue weighted by atomic mass is 9.99. The van der Waals surface area contributed by atoms with Crippen molar-refractivity contribution in [2.45, 2.75) is 62.9 Å². The zero-order valence-electron chi connectivity index (χ0n) is 22.1. The highest BCUT2D eigenvalue weighted by Gasteiger charge is 2.52. The Morgan fingerprint density at radius 2 is 1.32 bits per heavy atom. The summed E-state index contributed by atoms with van der Waals surface area (Å²) in [6.07, 6.45) is -5.86. The van der Waals surface area contributed by atoms with Crippen LogP contribution in [-0.4, -0.2) is 72.7 Å². The van der Waals surface area contributed by atoms with Crippen LogP contribution in [0.1, 0.15) is 26.3 Å². The quantitative estimate of drug-likeness (QED) is 0.309. The van der Waals surface area contributed by atoms with Gasteiger partial charge in [0, 0.05) is 0 Å². The van der Waals surface area contributed by atoms with E-state index in [1.54, 1.807) is 0 Å². The summed E-state index contributed by atoms with van der Waals surface area (Å²) in [7, 11) is -2.72. The molecule has 5 atom stereocenters. The number of rotatable bonds is 9. The van der Waals surface area contributed by atoms with E-state index in [4.69, 9.17) is 13.9 Å².